The highest BCUT2D eigenvalue weighted by atomic mass is 16.5. The average molecular weight is 369 g/mol. The van der Waals surface area contributed by atoms with Crippen molar-refractivity contribution in [2.24, 2.45) is 0 Å². The van der Waals surface area contributed by atoms with E-state index in [1.165, 1.54) is 28.4 Å². The first-order chi connectivity index (χ1) is 13.2. The van der Waals surface area contributed by atoms with E-state index < -0.39 is 0 Å². The fourth-order valence-corrected chi connectivity index (χ4v) is 3.87. The van der Waals surface area contributed by atoms with Crippen LogP contribution in [-0.4, -0.2) is 37.0 Å². The molecule has 0 spiro atoms. The maximum absolute atomic E-state index is 12.3. The number of hydrogen-bond donors (Lipinski definition) is 1. The van der Waals surface area contributed by atoms with Crippen LogP contribution >= 0.6 is 0 Å². The molecule has 142 valence electrons. The summed E-state index contributed by atoms with van der Waals surface area (Å²) >= 11 is 0. The third-order valence-electron chi connectivity index (χ3n) is 5.39. The van der Waals surface area contributed by atoms with E-state index in [1.54, 1.807) is 4.90 Å². The van der Waals surface area contributed by atoms with Crippen LogP contribution in [0.5, 0.6) is 5.75 Å². The molecule has 27 heavy (non-hydrogen) atoms. The first-order valence-electron chi connectivity index (χ1n) is 9.62. The number of quaternary nitrogens is 1. The minimum atomic E-state index is -0.234. The molecule has 1 atom stereocenters. The lowest BCUT2D eigenvalue weighted by atomic mass is 10.00. The van der Waals surface area contributed by atoms with Gasteiger partial charge in [-0.05, 0) is 18.4 Å². The third kappa shape index (κ3) is 4.22. The van der Waals surface area contributed by atoms with Crippen molar-refractivity contribution < 1.29 is 18.8 Å². The van der Waals surface area contributed by atoms with Crippen LogP contribution in [0.25, 0.3) is 0 Å². The number of nitrogens with zero attached hydrogens (tertiary/aromatic N) is 1. The van der Waals surface area contributed by atoms with E-state index in [0.717, 1.165) is 45.4 Å². The summed E-state index contributed by atoms with van der Waals surface area (Å²) in [5.41, 5.74) is 2.54. The lowest BCUT2D eigenvalue weighted by Crippen LogP contribution is -3.10. The second kappa shape index (κ2) is 7.96. The van der Waals surface area contributed by atoms with E-state index in [0.29, 0.717) is 12.3 Å². The Morgan fingerprint density at radius 2 is 1.96 bits per heavy atom. The van der Waals surface area contributed by atoms with Gasteiger partial charge in [-0.2, -0.15) is 0 Å². The quantitative estimate of drug-likeness (QED) is 0.846. The predicted molar refractivity (Wildman–Crippen MR) is 99.7 cm³/mol. The number of carbonyl (C=O) groups is 1. The molecule has 2 aliphatic heterocycles. The van der Waals surface area contributed by atoms with E-state index in [-0.39, 0.29) is 23.7 Å². The lowest BCUT2D eigenvalue weighted by molar-refractivity contribution is -0.930. The van der Waals surface area contributed by atoms with Gasteiger partial charge in [0, 0.05) is 31.1 Å². The van der Waals surface area contributed by atoms with Crippen LogP contribution in [0.3, 0.4) is 0 Å². The maximum Gasteiger partial charge on any atom is 0.260 e. The number of likely N-dealkylation sites (tertiary alicyclic amines) is 1. The summed E-state index contributed by atoms with van der Waals surface area (Å²) in [4.78, 5) is 27.5. The molecule has 0 aliphatic carbocycles. The third-order valence-corrected chi connectivity index (χ3v) is 5.39. The summed E-state index contributed by atoms with van der Waals surface area (Å²) in [5.74, 6) is 0.672. The first-order valence-corrected chi connectivity index (χ1v) is 9.62. The monoisotopic (exact) mass is 369 g/mol. The molecule has 1 unspecified atom stereocenters. The van der Waals surface area contributed by atoms with Gasteiger partial charge >= 0.3 is 0 Å². The van der Waals surface area contributed by atoms with Gasteiger partial charge in [-0.25, -0.2) is 0 Å². The van der Waals surface area contributed by atoms with Gasteiger partial charge in [0.2, 0.25) is 11.2 Å². The minimum absolute atomic E-state index is 0.0765. The molecular formula is C21H25N2O4+. The van der Waals surface area contributed by atoms with Gasteiger partial charge in [-0.3, -0.25) is 9.59 Å². The first kappa shape index (κ1) is 17.8. The van der Waals surface area contributed by atoms with Crippen LogP contribution in [0.15, 0.2) is 45.8 Å². The summed E-state index contributed by atoms with van der Waals surface area (Å²) in [5, 5.41) is 0. The molecule has 1 saturated heterocycles. The number of nitrogens with one attached hydrogen (secondary N) is 1. The molecule has 0 bridgehead atoms. The Hall–Kier alpha value is -2.60. The van der Waals surface area contributed by atoms with Gasteiger partial charge < -0.3 is 19.0 Å². The highest BCUT2D eigenvalue weighted by Gasteiger charge is 2.21. The van der Waals surface area contributed by atoms with Crippen LogP contribution in [-0.2, 0) is 24.3 Å². The van der Waals surface area contributed by atoms with Gasteiger partial charge in [0.1, 0.15) is 19.4 Å². The number of amides is 1. The highest BCUT2D eigenvalue weighted by molar-refractivity contribution is 5.77. The number of ether oxygens (including phenoxy) is 1. The second-order valence-corrected chi connectivity index (χ2v) is 7.32. The van der Waals surface area contributed by atoms with Crippen molar-refractivity contribution >= 4 is 5.91 Å². The average Bonchev–Trinajstić information content (AvgIpc) is 3.22. The Morgan fingerprint density at radius 3 is 2.74 bits per heavy atom. The summed E-state index contributed by atoms with van der Waals surface area (Å²) in [7, 11) is 0. The topological polar surface area (TPSA) is 64.2 Å². The second-order valence-electron chi connectivity index (χ2n) is 7.32. The van der Waals surface area contributed by atoms with Crippen LogP contribution in [0, 0.1) is 0 Å². The van der Waals surface area contributed by atoms with Crippen LogP contribution in [0.1, 0.15) is 29.7 Å². The van der Waals surface area contributed by atoms with Crippen molar-refractivity contribution in [3.8, 4) is 5.75 Å². The molecule has 1 N–H and O–H groups in total. The normalized spacial score (nSPS) is 19.0. The van der Waals surface area contributed by atoms with Crippen molar-refractivity contribution in [3.63, 3.8) is 0 Å². The largest absolute Gasteiger partial charge is 0.477 e. The molecule has 1 fully saturated rings. The molecule has 2 aromatic rings. The van der Waals surface area contributed by atoms with Gasteiger partial charge in [-0.1, -0.05) is 24.3 Å². The molecule has 1 aromatic heterocycles. The molecular weight excluding hydrogens is 344 g/mol. The molecule has 6 nitrogen and oxygen atoms in total. The Kier molecular flexibility index (Phi) is 5.25. The number of fused-ring (bicyclic) bond motifs is 1. The van der Waals surface area contributed by atoms with E-state index in [9.17, 15) is 9.59 Å². The van der Waals surface area contributed by atoms with E-state index in [4.69, 9.17) is 9.15 Å². The number of rotatable bonds is 5. The zero-order valence-corrected chi connectivity index (χ0v) is 15.4. The van der Waals surface area contributed by atoms with Gasteiger partial charge in [0.15, 0.2) is 12.4 Å². The summed E-state index contributed by atoms with van der Waals surface area (Å²) in [6, 6.07) is 9.98. The Bertz CT molecular complexity index is 870. The fourth-order valence-electron chi connectivity index (χ4n) is 3.87. The predicted octanol–water partition coefficient (Wildman–Crippen LogP) is 0.782. The zero-order valence-electron chi connectivity index (χ0n) is 15.4. The Balaban J connectivity index is 1.34. The van der Waals surface area contributed by atoms with Crippen molar-refractivity contribution in [3.05, 3.63) is 63.7 Å². The highest BCUT2D eigenvalue weighted by Crippen LogP contribution is 2.12. The lowest BCUT2D eigenvalue weighted by Gasteiger charge is -2.25. The van der Waals surface area contributed by atoms with Gasteiger partial charge in [0.05, 0.1) is 6.54 Å². The molecule has 2 aliphatic rings. The fraction of sp³-hybridized carbons (Fsp3) is 0.429. The molecule has 6 heteroatoms. The van der Waals surface area contributed by atoms with Crippen LogP contribution < -0.4 is 15.1 Å². The minimum Gasteiger partial charge on any atom is -0.477 e. The summed E-state index contributed by atoms with van der Waals surface area (Å²) in [6.07, 6.45) is 4.44. The molecule has 0 radical (unpaired) electrons. The smallest absolute Gasteiger partial charge is 0.260 e. The maximum atomic E-state index is 12.3. The Labute approximate surface area is 158 Å². The number of benzene rings is 1. The molecule has 0 saturated carbocycles. The summed E-state index contributed by atoms with van der Waals surface area (Å²) < 4.78 is 11.0. The molecule has 4 rings (SSSR count). The van der Waals surface area contributed by atoms with Gasteiger partial charge in [-0.15, -0.1) is 0 Å². The van der Waals surface area contributed by atoms with Crippen LogP contribution in [0.4, 0.5) is 0 Å². The van der Waals surface area contributed by atoms with Crippen molar-refractivity contribution in [2.75, 3.05) is 26.2 Å². The zero-order chi connectivity index (χ0) is 18.6. The van der Waals surface area contributed by atoms with Gasteiger partial charge in [0.25, 0.3) is 5.91 Å². The van der Waals surface area contributed by atoms with E-state index in [1.807, 2.05) is 0 Å². The van der Waals surface area contributed by atoms with Crippen LogP contribution in [0.2, 0.25) is 0 Å². The number of carbonyl (C=O) groups excluding carboxylic acids is 1. The van der Waals surface area contributed by atoms with Crippen molar-refractivity contribution in [1.29, 1.82) is 0 Å². The summed E-state index contributed by atoms with van der Waals surface area (Å²) in [6.45, 7) is 4.05. The standard InChI is InChI=1S/C21H24N2O4/c24-19-11-18(13-22-10-7-16-5-1-2-6-17(16)12-22)26-14-20(19)27-15-21(25)23-8-3-4-9-23/h1-2,5-6,11,14H,3-4,7-10,12-13,15H2/p+1. The molecule has 1 aromatic carbocycles. The molecule has 1 amide bonds. The SMILES string of the molecule is O=C(COc1coc(C[NH+]2CCc3ccccc3C2)cc1=O)N1CCCC1. The van der Waals surface area contributed by atoms with Crippen molar-refractivity contribution in [1.82, 2.24) is 4.90 Å². The molecule has 3 heterocycles. The van der Waals surface area contributed by atoms with Crippen molar-refractivity contribution in [2.45, 2.75) is 32.4 Å². The van der Waals surface area contributed by atoms with E-state index in [2.05, 4.69) is 24.3 Å². The number of hydrogen-bond acceptors (Lipinski definition) is 4. The Morgan fingerprint density at radius 1 is 1.19 bits per heavy atom. The van der Waals surface area contributed by atoms with E-state index >= 15 is 0 Å².